The SMILES string of the molecule is CCCC(C)(NCc1ccc(C(N)=O)cc1)C(=O)O. The van der Waals surface area contributed by atoms with E-state index < -0.39 is 17.4 Å². The molecule has 4 N–H and O–H groups in total. The van der Waals surface area contributed by atoms with Crippen molar-refractivity contribution in [3.63, 3.8) is 0 Å². The van der Waals surface area contributed by atoms with Gasteiger partial charge in [-0.05, 0) is 31.0 Å². The lowest BCUT2D eigenvalue weighted by Gasteiger charge is -2.26. The number of nitrogens with one attached hydrogen (secondary N) is 1. The topological polar surface area (TPSA) is 92.4 Å². The van der Waals surface area contributed by atoms with Crippen LogP contribution < -0.4 is 11.1 Å². The second kappa shape index (κ2) is 6.33. The molecule has 0 radical (unpaired) electrons. The lowest BCUT2D eigenvalue weighted by molar-refractivity contribution is -0.144. The fraction of sp³-hybridized carbons (Fsp3) is 0.429. The van der Waals surface area contributed by atoms with E-state index in [-0.39, 0.29) is 0 Å². The highest BCUT2D eigenvalue weighted by molar-refractivity contribution is 5.92. The van der Waals surface area contributed by atoms with Crippen LogP contribution in [0, 0.1) is 0 Å². The van der Waals surface area contributed by atoms with Crippen molar-refractivity contribution in [2.75, 3.05) is 0 Å². The molecule has 0 fully saturated rings. The van der Waals surface area contributed by atoms with E-state index in [4.69, 9.17) is 5.73 Å². The second-order valence-electron chi connectivity index (χ2n) is 4.80. The fourth-order valence-corrected chi connectivity index (χ4v) is 1.85. The zero-order valence-corrected chi connectivity index (χ0v) is 11.3. The van der Waals surface area contributed by atoms with E-state index in [0.29, 0.717) is 18.5 Å². The summed E-state index contributed by atoms with van der Waals surface area (Å²) in [5, 5.41) is 12.3. The molecule has 0 heterocycles. The Morgan fingerprint density at radius 1 is 1.32 bits per heavy atom. The smallest absolute Gasteiger partial charge is 0.323 e. The third kappa shape index (κ3) is 4.06. The number of rotatable bonds is 7. The minimum atomic E-state index is -0.933. The third-order valence-electron chi connectivity index (χ3n) is 3.14. The van der Waals surface area contributed by atoms with Gasteiger partial charge in [-0.3, -0.25) is 14.9 Å². The maximum Gasteiger partial charge on any atom is 0.323 e. The molecule has 0 aliphatic carbocycles. The number of aliphatic carboxylic acids is 1. The Hall–Kier alpha value is -1.88. The molecule has 0 saturated carbocycles. The van der Waals surface area contributed by atoms with E-state index in [2.05, 4.69) is 5.32 Å². The van der Waals surface area contributed by atoms with Gasteiger partial charge < -0.3 is 10.8 Å². The van der Waals surface area contributed by atoms with E-state index in [1.807, 2.05) is 6.92 Å². The monoisotopic (exact) mass is 264 g/mol. The number of amides is 1. The second-order valence-corrected chi connectivity index (χ2v) is 4.80. The van der Waals surface area contributed by atoms with Crippen LogP contribution in [0.25, 0.3) is 0 Å². The summed E-state index contributed by atoms with van der Waals surface area (Å²) in [5.41, 5.74) is 5.57. The summed E-state index contributed by atoms with van der Waals surface area (Å²) in [7, 11) is 0. The van der Waals surface area contributed by atoms with Gasteiger partial charge in [0.1, 0.15) is 5.54 Å². The van der Waals surface area contributed by atoms with Crippen molar-refractivity contribution in [1.29, 1.82) is 0 Å². The summed E-state index contributed by atoms with van der Waals surface area (Å²) in [4.78, 5) is 22.2. The largest absolute Gasteiger partial charge is 0.480 e. The van der Waals surface area contributed by atoms with Gasteiger partial charge in [0.25, 0.3) is 0 Å². The molecule has 1 aromatic carbocycles. The summed E-state index contributed by atoms with van der Waals surface area (Å²) in [6, 6.07) is 6.80. The van der Waals surface area contributed by atoms with Gasteiger partial charge in [0, 0.05) is 12.1 Å². The van der Waals surface area contributed by atoms with E-state index in [9.17, 15) is 14.7 Å². The number of carbonyl (C=O) groups is 2. The standard InChI is InChI=1S/C14H20N2O3/c1-3-8-14(2,13(18)19)16-9-10-4-6-11(7-5-10)12(15)17/h4-7,16H,3,8-9H2,1-2H3,(H2,15,17)(H,18,19). The van der Waals surface area contributed by atoms with Crippen LogP contribution in [-0.2, 0) is 11.3 Å². The first-order valence-corrected chi connectivity index (χ1v) is 6.26. The Morgan fingerprint density at radius 2 is 1.89 bits per heavy atom. The number of primary amides is 1. The number of carbonyl (C=O) groups excluding carboxylic acids is 1. The Balaban J connectivity index is 2.69. The Kier molecular flexibility index (Phi) is 5.06. The molecule has 0 aliphatic heterocycles. The van der Waals surface area contributed by atoms with Crippen LogP contribution in [0.3, 0.4) is 0 Å². The van der Waals surface area contributed by atoms with E-state index >= 15 is 0 Å². The van der Waals surface area contributed by atoms with Crippen LogP contribution in [0.15, 0.2) is 24.3 Å². The molecular formula is C14H20N2O3. The summed E-state index contributed by atoms with van der Waals surface area (Å²) in [5.74, 6) is -1.33. The minimum Gasteiger partial charge on any atom is -0.480 e. The predicted octanol–water partition coefficient (Wildman–Crippen LogP) is 1.52. The molecule has 5 nitrogen and oxygen atoms in total. The number of hydrogen-bond donors (Lipinski definition) is 3. The first kappa shape index (κ1) is 15.2. The summed E-state index contributed by atoms with van der Waals surface area (Å²) >= 11 is 0. The van der Waals surface area contributed by atoms with Crippen molar-refractivity contribution < 1.29 is 14.7 Å². The average molecular weight is 264 g/mol. The number of benzene rings is 1. The Bertz CT molecular complexity index is 456. The van der Waals surface area contributed by atoms with Crippen molar-refractivity contribution in [3.8, 4) is 0 Å². The van der Waals surface area contributed by atoms with E-state index in [1.165, 1.54) is 0 Å². The van der Waals surface area contributed by atoms with Crippen LogP contribution in [0.4, 0.5) is 0 Å². The molecule has 0 aliphatic rings. The van der Waals surface area contributed by atoms with Crippen LogP contribution in [-0.4, -0.2) is 22.5 Å². The van der Waals surface area contributed by atoms with Gasteiger partial charge >= 0.3 is 5.97 Å². The van der Waals surface area contributed by atoms with Crippen LogP contribution in [0.2, 0.25) is 0 Å². The number of carboxylic acid groups (broad SMARTS) is 1. The first-order valence-electron chi connectivity index (χ1n) is 6.26. The first-order chi connectivity index (χ1) is 8.89. The van der Waals surface area contributed by atoms with Gasteiger partial charge in [0.2, 0.25) is 5.91 Å². The van der Waals surface area contributed by atoms with Crippen molar-refractivity contribution in [2.24, 2.45) is 5.73 Å². The maximum atomic E-state index is 11.3. The molecule has 19 heavy (non-hydrogen) atoms. The lowest BCUT2D eigenvalue weighted by atomic mass is 9.96. The number of nitrogens with two attached hydrogens (primary N) is 1. The molecule has 0 spiro atoms. The molecule has 5 heteroatoms. The zero-order chi connectivity index (χ0) is 14.5. The van der Waals surface area contributed by atoms with Crippen LogP contribution in [0.1, 0.15) is 42.6 Å². The van der Waals surface area contributed by atoms with E-state index in [0.717, 1.165) is 12.0 Å². The predicted molar refractivity (Wildman–Crippen MR) is 72.7 cm³/mol. The molecule has 1 rings (SSSR count). The summed E-state index contributed by atoms with van der Waals surface area (Å²) in [6.07, 6.45) is 1.35. The quantitative estimate of drug-likeness (QED) is 0.696. The average Bonchev–Trinajstić information content (AvgIpc) is 2.37. The van der Waals surface area contributed by atoms with Crippen molar-refractivity contribution in [3.05, 3.63) is 35.4 Å². The van der Waals surface area contributed by atoms with Crippen molar-refractivity contribution >= 4 is 11.9 Å². The third-order valence-corrected chi connectivity index (χ3v) is 3.14. The van der Waals surface area contributed by atoms with Gasteiger partial charge in [-0.2, -0.15) is 0 Å². The highest BCUT2D eigenvalue weighted by Crippen LogP contribution is 2.14. The molecule has 0 aromatic heterocycles. The molecule has 0 saturated heterocycles. The normalized spacial score (nSPS) is 13.8. The molecular weight excluding hydrogens is 244 g/mol. The van der Waals surface area contributed by atoms with E-state index in [1.54, 1.807) is 31.2 Å². The minimum absolute atomic E-state index is 0.432. The van der Waals surface area contributed by atoms with Crippen molar-refractivity contribution in [2.45, 2.75) is 38.8 Å². The van der Waals surface area contributed by atoms with Gasteiger partial charge in [0.15, 0.2) is 0 Å². The summed E-state index contributed by atoms with van der Waals surface area (Å²) in [6.45, 7) is 4.06. The molecule has 1 aromatic rings. The lowest BCUT2D eigenvalue weighted by Crippen LogP contribution is -2.48. The van der Waals surface area contributed by atoms with Crippen molar-refractivity contribution in [1.82, 2.24) is 5.32 Å². The number of hydrogen-bond acceptors (Lipinski definition) is 3. The highest BCUT2D eigenvalue weighted by atomic mass is 16.4. The van der Waals surface area contributed by atoms with Gasteiger partial charge in [-0.15, -0.1) is 0 Å². The van der Waals surface area contributed by atoms with Crippen LogP contribution in [0.5, 0.6) is 0 Å². The molecule has 0 bridgehead atoms. The molecule has 1 amide bonds. The molecule has 104 valence electrons. The number of carboxylic acids is 1. The fourth-order valence-electron chi connectivity index (χ4n) is 1.85. The Morgan fingerprint density at radius 3 is 2.32 bits per heavy atom. The summed E-state index contributed by atoms with van der Waals surface area (Å²) < 4.78 is 0. The van der Waals surface area contributed by atoms with Gasteiger partial charge in [0.05, 0.1) is 0 Å². The maximum absolute atomic E-state index is 11.3. The molecule has 1 unspecified atom stereocenters. The molecule has 1 atom stereocenters. The Labute approximate surface area is 112 Å². The van der Waals surface area contributed by atoms with Gasteiger partial charge in [-0.25, -0.2) is 0 Å². The van der Waals surface area contributed by atoms with Gasteiger partial charge in [-0.1, -0.05) is 25.5 Å². The zero-order valence-electron chi connectivity index (χ0n) is 11.3. The van der Waals surface area contributed by atoms with Crippen LogP contribution >= 0.6 is 0 Å². The highest BCUT2D eigenvalue weighted by Gasteiger charge is 2.31.